The maximum absolute atomic E-state index is 14.3. The molecule has 0 spiro atoms. The van der Waals surface area contributed by atoms with Gasteiger partial charge in [0.2, 0.25) is 11.8 Å². The number of nitrogens with one attached hydrogen (secondary N) is 1. The summed E-state index contributed by atoms with van der Waals surface area (Å²) < 4.78 is 12.6. The topological polar surface area (TPSA) is 98.6 Å². The fourth-order valence-corrected chi connectivity index (χ4v) is 5.29. The van der Waals surface area contributed by atoms with Crippen LogP contribution in [0, 0.1) is 6.92 Å². The Morgan fingerprint density at radius 3 is 2.46 bits per heavy atom. The van der Waals surface area contributed by atoms with Crippen LogP contribution < -0.4 is 19.7 Å². The summed E-state index contributed by atoms with van der Waals surface area (Å²) in [5, 5.41) is 11.7. The van der Waals surface area contributed by atoms with Gasteiger partial charge in [0.05, 0.1) is 19.7 Å². The summed E-state index contributed by atoms with van der Waals surface area (Å²) in [5.74, 6) is 0.452. The predicted octanol–water partition coefficient (Wildman–Crippen LogP) is 4.59. The molecule has 1 heterocycles. The summed E-state index contributed by atoms with van der Waals surface area (Å²) in [4.78, 5) is 29.9. The van der Waals surface area contributed by atoms with Gasteiger partial charge in [0.15, 0.2) is 11.5 Å². The number of nitrogens with zero attached hydrogens (tertiary/aromatic N) is 4. The van der Waals surface area contributed by atoms with E-state index in [-0.39, 0.29) is 24.4 Å². The second-order valence-corrected chi connectivity index (χ2v) is 9.79. The van der Waals surface area contributed by atoms with E-state index in [2.05, 4.69) is 15.6 Å². The molecular weight excluding hydrogens is 494 g/mol. The highest BCUT2D eigenvalue weighted by molar-refractivity contribution is 6.02. The molecule has 3 aromatic carbocycles. The zero-order valence-electron chi connectivity index (χ0n) is 22.5. The zero-order chi connectivity index (χ0) is 27.4. The monoisotopic (exact) mass is 527 g/mol. The average Bonchev–Trinajstić information content (AvgIpc) is 3.62. The Morgan fingerprint density at radius 1 is 1.00 bits per heavy atom. The Labute approximate surface area is 227 Å². The molecule has 5 rings (SSSR count). The van der Waals surface area contributed by atoms with Gasteiger partial charge in [-0.3, -0.25) is 14.5 Å². The third-order valence-electron chi connectivity index (χ3n) is 7.31. The first-order valence-electron chi connectivity index (χ1n) is 13.2. The van der Waals surface area contributed by atoms with E-state index >= 15 is 0 Å². The third kappa shape index (κ3) is 5.43. The van der Waals surface area contributed by atoms with Crippen LogP contribution in [0.4, 0.5) is 5.69 Å². The Balaban J connectivity index is 1.62. The Kier molecular flexibility index (Phi) is 7.76. The minimum absolute atomic E-state index is 0.0885. The highest BCUT2D eigenvalue weighted by Crippen LogP contribution is 2.36. The minimum Gasteiger partial charge on any atom is -0.493 e. The van der Waals surface area contributed by atoms with Crippen molar-refractivity contribution in [1.29, 1.82) is 0 Å². The fourth-order valence-electron chi connectivity index (χ4n) is 5.29. The van der Waals surface area contributed by atoms with Gasteiger partial charge in [-0.1, -0.05) is 54.5 Å². The number of hydrogen-bond acceptors (Lipinski definition) is 6. The molecule has 0 bridgehead atoms. The Bertz CT molecular complexity index is 1480. The molecule has 1 atom stereocenters. The first-order chi connectivity index (χ1) is 19.0. The lowest BCUT2D eigenvalue weighted by Gasteiger charge is -2.33. The molecule has 1 aromatic heterocycles. The number of anilines is 1. The number of methoxy groups -OCH3 is 2. The van der Waals surface area contributed by atoms with Crippen molar-refractivity contribution < 1.29 is 19.1 Å². The van der Waals surface area contributed by atoms with Crippen LogP contribution in [-0.2, 0) is 16.1 Å². The van der Waals surface area contributed by atoms with Gasteiger partial charge in [-0.05, 0) is 55.2 Å². The number of rotatable bonds is 9. The number of carbonyl (C=O) groups excluding carboxylic acids is 2. The SMILES string of the molecule is COc1ccc(N(C(=O)Cn2nnc3ccccc32)[C@@H](C(=O)NC2CCCC2)c2ccccc2C)cc1OC. The smallest absolute Gasteiger partial charge is 0.249 e. The van der Waals surface area contributed by atoms with Crippen LogP contribution in [0.2, 0.25) is 0 Å². The third-order valence-corrected chi connectivity index (χ3v) is 7.31. The molecule has 202 valence electrons. The summed E-state index contributed by atoms with van der Waals surface area (Å²) in [6.07, 6.45) is 4.03. The molecule has 1 aliphatic carbocycles. The Morgan fingerprint density at radius 2 is 1.72 bits per heavy atom. The molecule has 0 aliphatic heterocycles. The molecular formula is C30H33N5O4. The molecule has 1 saturated carbocycles. The first-order valence-corrected chi connectivity index (χ1v) is 13.2. The van der Waals surface area contributed by atoms with Crippen LogP contribution in [-0.4, -0.2) is 47.1 Å². The zero-order valence-corrected chi connectivity index (χ0v) is 22.5. The van der Waals surface area contributed by atoms with Crippen molar-refractivity contribution in [3.05, 3.63) is 77.9 Å². The number of hydrogen-bond donors (Lipinski definition) is 1. The number of aromatic nitrogens is 3. The van der Waals surface area contributed by atoms with Gasteiger partial charge in [0.1, 0.15) is 18.1 Å². The molecule has 1 N–H and O–H groups in total. The van der Waals surface area contributed by atoms with Crippen molar-refractivity contribution in [3.8, 4) is 11.5 Å². The number of amides is 2. The lowest BCUT2D eigenvalue weighted by Crippen LogP contribution is -2.47. The Hall–Kier alpha value is -4.40. The highest BCUT2D eigenvalue weighted by Gasteiger charge is 2.36. The minimum atomic E-state index is -0.910. The van der Waals surface area contributed by atoms with Gasteiger partial charge in [-0.25, -0.2) is 4.68 Å². The number of para-hydroxylation sites is 1. The molecule has 9 nitrogen and oxygen atoms in total. The van der Waals surface area contributed by atoms with Gasteiger partial charge >= 0.3 is 0 Å². The fraction of sp³-hybridized carbons (Fsp3) is 0.333. The summed E-state index contributed by atoms with van der Waals surface area (Å²) in [5.41, 5.74) is 3.60. The van der Waals surface area contributed by atoms with Crippen molar-refractivity contribution in [2.45, 2.75) is 51.2 Å². The van der Waals surface area contributed by atoms with E-state index in [0.29, 0.717) is 22.7 Å². The van der Waals surface area contributed by atoms with Crippen molar-refractivity contribution in [3.63, 3.8) is 0 Å². The molecule has 2 amide bonds. The quantitative estimate of drug-likeness (QED) is 0.342. The molecule has 1 fully saturated rings. The van der Waals surface area contributed by atoms with E-state index in [9.17, 15) is 9.59 Å². The van der Waals surface area contributed by atoms with Gasteiger partial charge in [0.25, 0.3) is 0 Å². The van der Waals surface area contributed by atoms with Crippen LogP contribution in [0.1, 0.15) is 42.9 Å². The van der Waals surface area contributed by atoms with Gasteiger partial charge < -0.3 is 14.8 Å². The maximum atomic E-state index is 14.3. The van der Waals surface area contributed by atoms with Crippen molar-refractivity contribution in [2.24, 2.45) is 0 Å². The lowest BCUT2D eigenvalue weighted by molar-refractivity contribution is -0.127. The van der Waals surface area contributed by atoms with Gasteiger partial charge in [0, 0.05) is 17.8 Å². The number of ether oxygens (including phenoxy) is 2. The normalized spacial score (nSPS) is 14.2. The van der Waals surface area contributed by atoms with Crippen molar-refractivity contribution >= 4 is 28.5 Å². The lowest BCUT2D eigenvalue weighted by atomic mass is 9.97. The van der Waals surface area contributed by atoms with Crippen molar-refractivity contribution in [1.82, 2.24) is 20.3 Å². The van der Waals surface area contributed by atoms with E-state index in [0.717, 1.165) is 42.3 Å². The van der Waals surface area contributed by atoms with E-state index < -0.39 is 6.04 Å². The van der Waals surface area contributed by atoms with E-state index in [1.807, 2.05) is 55.5 Å². The molecule has 0 radical (unpaired) electrons. The maximum Gasteiger partial charge on any atom is 0.249 e. The molecule has 0 saturated heterocycles. The standard InChI is InChI=1S/C30H33N5O4/c1-20-10-4-7-13-23(20)29(30(37)31-21-11-5-6-12-21)35(22-16-17-26(38-2)27(18-22)39-3)28(36)19-34-25-15-9-8-14-24(25)32-33-34/h4,7-10,13-18,21,29H,5-6,11-12,19H2,1-3H3,(H,31,37)/t29-/m1/s1. The van der Waals surface area contributed by atoms with Crippen molar-refractivity contribution in [2.75, 3.05) is 19.1 Å². The van der Waals surface area contributed by atoms with Crippen LogP contribution >= 0.6 is 0 Å². The van der Waals surface area contributed by atoms with Gasteiger partial charge in [-0.15, -0.1) is 5.10 Å². The molecule has 9 heteroatoms. The summed E-state index contributed by atoms with van der Waals surface area (Å²) in [6, 6.07) is 19.6. The summed E-state index contributed by atoms with van der Waals surface area (Å²) in [7, 11) is 3.10. The van der Waals surface area contributed by atoms with Crippen LogP contribution in [0.5, 0.6) is 11.5 Å². The highest BCUT2D eigenvalue weighted by atomic mass is 16.5. The predicted molar refractivity (Wildman–Crippen MR) is 149 cm³/mol. The first kappa shape index (κ1) is 26.2. The van der Waals surface area contributed by atoms with E-state index in [1.165, 1.54) is 0 Å². The van der Waals surface area contributed by atoms with Crippen LogP contribution in [0.3, 0.4) is 0 Å². The molecule has 4 aromatic rings. The largest absolute Gasteiger partial charge is 0.493 e. The van der Waals surface area contributed by atoms with Gasteiger partial charge in [-0.2, -0.15) is 0 Å². The van der Waals surface area contributed by atoms with E-state index in [1.54, 1.807) is 42.0 Å². The number of fused-ring (bicyclic) bond motifs is 1. The molecule has 39 heavy (non-hydrogen) atoms. The summed E-state index contributed by atoms with van der Waals surface area (Å²) >= 11 is 0. The number of benzene rings is 3. The molecule has 0 unspecified atom stereocenters. The second-order valence-electron chi connectivity index (χ2n) is 9.79. The molecule has 1 aliphatic rings. The van der Waals surface area contributed by atoms with E-state index in [4.69, 9.17) is 9.47 Å². The number of aryl methyl sites for hydroxylation is 1. The average molecular weight is 528 g/mol. The van der Waals surface area contributed by atoms with Crippen LogP contribution in [0.15, 0.2) is 66.7 Å². The number of carbonyl (C=O) groups is 2. The summed E-state index contributed by atoms with van der Waals surface area (Å²) in [6.45, 7) is 1.85. The second kappa shape index (κ2) is 11.6. The van der Waals surface area contributed by atoms with Crippen LogP contribution in [0.25, 0.3) is 11.0 Å².